The zero-order valence-corrected chi connectivity index (χ0v) is 11.6. The van der Waals surface area contributed by atoms with Crippen LogP contribution in [0.25, 0.3) is 0 Å². The van der Waals surface area contributed by atoms with E-state index in [2.05, 4.69) is 17.4 Å². The average Bonchev–Trinajstić information content (AvgIpc) is 3.24. The Labute approximate surface area is 114 Å². The number of benzene rings is 1. The molecule has 2 rings (SSSR count). The van der Waals surface area contributed by atoms with Crippen molar-refractivity contribution in [2.45, 2.75) is 31.4 Å². The van der Waals surface area contributed by atoms with Gasteiger partial charge in [-0.2, -0.15) is 0 Å². The Balaban J connectivity index is 2.03. The number of hydrogen-bond acceptors (Lipinski definition) is 4. The molecule has 1 aliphatic rings. The molecule has 4 heteroatoms. The second-order valence-electron chi connectivity index (χ2n) is 5.62. The van der Waals surface area contributed by atoms with Crippen molar-refractivity contribution < 1.29 is 14.9 Å². The molecular formula is C15H23NO3. The van der Waals surface area contributed by atoms with E-state index in [4.69, 9.17) is 9.84 Å². The number of hydrogen-bond donors (Lipinski definition) is 3. The molecule has 19 heavy (non-hydrogen) atoms. The van der Waals surface area contributed by atoms with E-state index < -0.39 is 5.60 Å². The van der Waals surface area contributed by atoms with Crippen LogP contribution < -0.4 is 10.1 Å². The van der Waals surface area contributed by atoms with Gasteiger partial charge in [0.25, 0.3) is 0 Å². The Hall–Kier alpha value is -1.10. The van der Waals surface area contributed by atoms with Gasteiger partial charge in [0.05, 0.1) is 19.3 Å². The molecular weight excluding hydrogens is 242 g/mol. The number of rotatable bonds is 7. The van der Waals surface area contributed by atoms with Crippen molar-refractivity contribution in [3.8, 4) is 5.75 Å². The molecule has 2 unspecified atom stereocenters. The fraction of sp³-hybridized carbons (Fsp3) is 0.600. The Kier molecular flexibility index (Phi) is 4.45. The van der Waals surface area contributed by atoms with Crippen LogP contribution in [0, 0.1) is 5.92 Å². The maximum absolute atomic E-state index is 9.87. The van der Waals surface area contributed by atoms with E-state index in [0.29, 0.717) is 12.5 Å². The van der Waals surface area contributed by atoms with Crippen molar-refractivity contribution in [2.24, 2.45) is 5.92 Å². The molecule has 0 radical (unpaired) electrons. The smallest absolute Gasteiger partial charge is 0.118 e. The van der Waals surface area contributed by atoms with E-state index in [-0.39, 0.29) is 12.6 Å². The molecule has 3 N–H and O–H groups in total. The predicted molar refractivity (Wildman–Crippen MR) is 74.2 cm³/mol. The Morgan fingerprint density at radius 2 is 2.00 bits per heavy atom. The standard InChI is InChI=1S/C15H23NO3/c1-15(18,10-17)9-16-14(11-3-4-11)12-5-7-13(19-2)8-6-12/h5-8,11,14,16-18H,3-4,9-10H2,1-2H3. The van der Waals surface area contributed by atoms with Crippen LogP contribution in [0.4, 0.5) is 0 Å². The third kappa shape index (κ3) is 3.93. The first-order valence-electron chi connectivity index (χ1n) is 6.76. The summed E-state index contributed by atoms with van der Waals surface area (Å²) in [6.07, 6.45) is 2.43. The minimum absolute atomic E-state index is 0.236. The summed E-state index contributed by atoms with van der Waals surface area (Å²) >= 11 is 0. The quantitative estimate of drug-likeness (QED) is 0.699. The first kappa shape index (κ1) is 14.3. The second kappa shape index (κ2) is 5.90. The molecule has 0 bridgehead atoms. The van der Waals surface area contributed by atoms with Crippen LogP contribution in [0.3, 0.4) is 0 Å². The summed E-state index contributed by atoms with van der Waals surface area (Å²) in [6, 6.07) is 8.27. The molecule has 0 spiro atoms. The minimum atomic E-state index is -1.07. The lowest BCUT2D eigenvalue weighted by Crippen LogP contribution is -2.42. The van der Waals surface area contributed by atoms with Gasteiger partial charge in [-0.15, -0.1) is 0 Å². The molecule has 2 atom stereocenters. The largest absolute Gasteiger partial charge is 0.497 e. The van der Waals surface area contributed by atoms with Crippen molar-refractivity contribution in [1.82, 2.24) is 5.32 Å². The van der Waals surface area contributed by atoms with Crippen LogP contribution in [-0.4, -0.2) is 36.1 Å². The lowest BCUT2D eigenvalue weighted by molar-refractivity contribution is 0.000170. The molecule has 1 aliphatic carbocycles. The molecule has 0 aromatic heterocycles. The molecule has 0 amide bonds. The summed E-state index contributed by atoms with van der Waals surface area (Å²) in [5.74, 6) is 1.48. The van der Waals surface area contributed by atoms with Crippen molar-refractivity contribution in [1.29, 1.82) is 0 Å². The SMILES string of the molecule is COc1ccc(C(NCC(C)(O)CO)C2CC2)cc1. The van der Waals surface area contributed by atoms with E-state index in [1.54, 1.807) is 14.0 Å². The highest BCUT2D eigenvalue weighted by molar-refractivity contribution is 5.30. The Morgan fingerprint density at radius 1 is 1.37 bits per heavy atom. The third-order valence-corrected chi connectivity index (χ3v) is 3.61. The van der Waals surface area contributed by atoms with Crippen molar-refractivity contribution in [2.75, 3.05) is 20.3 Å². The zero-order chi connectivity index (χ0) is 13.9. The second-order valence-corrected chi connectivity index (χ2v) is 5.62. The molecule has 1 saturated carbocycles. The maximum atomic E-state index is 9.87. The first-order chi connectivity index (χ1) is 9.05. The Bertz CT molecular complexity index is 398. The van der Waals surface area contributed by atoms with Gasteiger partial charge in [-0.25, -0.2) is 0 Å². The number of nitrogens with one attached hydrogen (secondary N) is 1. The van der Waals surface area contributed by atoms with E-state index >= 15 is 0 Å². The maximum Gasteiger partial charge on any atom is 0.118 e. The minimum Gasteiger partial charge on any atom is -0.497 e. The highest BCUT2D eigenvalue weighted by Gasteiger charge is 2.33. The van der Waals surface area contributed by atoms with Crippen LogP contribution in [0.1, 0.15) is 31.4 Å². The van der Waals surface area contributed by atoms with Gasteiger partial charge in [0.15, 0.2) is 0 Å². The fourth-order valence-electron chi connectivity index (χ4n) is 2.18. The first-order valence-corrected chi connectivity index (χ1v) is 6.76. The lowest BCUT2D eigenvalue weighted by Gasteiger charge is -2.26. The molecule has 1 fully saturated rings. The number of aliphatic hydroxyl groups excluding tert-OH is 1. The topological polar surface area (TPSA) is 61.7 Å². The fourth-order valence-corrected chi connectivity index (χ4v) is 2.18. The average molecular weight is 265 g/mol. The number of aliphatic hydroxyl groups is 2. The van der Waals surface area contributed by atoms with Crippen molar-refractivity contribution in [3.05, 3.63) is 29.8 Å². The molecule has 106 valence electrons. The Morgan fingerprint density at radius 3 is 2.47 bits per heavy atom. The van der Waals surface area contributed by atoms with Crippen LogP contribution in [0.5, 0.6) is 5.75 Å². The molecule has 0 heterocycles. The van der Waals surface area contributed by atoms with E-state index in [9.17, 15) is 5.11 Å². The third-order valence-electron chi connectivity index (χ3n) is 3.61. The molecule has 4 nitrogen and oxygen atoms in total. The van der Waals surface area contributed by atoms with Gasteiger partial charge in [0, 0.05) is 12.6 Å². The van der Waals surface area contributed by atoms with Crippen LogP contribution in [-0.2, 0) is 0 Å². The van der Waals surface area contributed by atoms with Crippen LogP contribution >= 0.6 is 0 Å². The summed E-state index contributed by atoms with van der Waals surface area (Å²) in [5, 5.41) is 22.3. The predicted octanol–water partition coefficient (Wildman–Crippen LogP) is 1.48. The summed E-state index contributed by atoms with van der Waals surface area (Å²) < 4.78 is 5.16. The summed E-state index contributed by atoms with van der Waals surface area (Å²) in [4.78, 5) is 0. The summed E-state index contributed by atoms with van der Waals surface area (Å²) in [6.45, 7) is 1.79. The normalized spacial score (nSPS) is 19.8. The van der Waals surface area contributed by atoms with E-state index in [1.165, 1.54) is 18.4 Å². The van der Waals surface area contributed by atoms with Gasteiger partial charge in [-0.1, -0.05) is 12.1 Å². The van der Waals surface area contributed by atoms with E-state index in [1.807, 2.05) is 12.1 Å². The highest BCUT2D eigenvalue weighted by atomic mass is 16.5. The zero-order valence-electron chi connectivity index (χ0n) is 11.6. The molecule has 0 aliphatic heterocycles. The van der Waals surface area contributed by atoms with Gasteiger partial charge >= 0.3 is 0 Å². The number of methoxy groups -OCH3 is 1. The van der Waals surface area contributed by atoms with Gasteiger partial charge in [0.2, 0.25) is 0 Å². The lowest BCUT2D eigenvalue weighted by atomic mass is 10.0. The van der Waals surface area contributed by atoms with Crippen LogP contribution in [0.2, 0.25) is 0 Å². The van der Waals surface area contributed by atoms with E-state index in [0.717, 1.165) is 5.75 Å². The molecule has 0 saturated heterocycles. The van der Waals surface area contributed by atoms with Gasteiger partial charge in [0.1, 0.15) is 5.75 Å². The van der Waals surface area contributed by atoms with Gasteiger partial charge in [-0.05, 0) is 43.4 Å². The summed E-state index contributed by atoms with van der Waals surface area (Å²) in [5.41, 5.74) is 0.136. The number of ether oxygens (including phenoxy) is 1. The van der Waals surface area contributed by atoms with Crippen LogP contribution in [0.15, 0.2) is 24.3 Å². The molecule has 1 aromatic rings. The molecule has 1 aromatic carbocycles. The van der Waals surface area contributed by atoms with Gasteiger partial charge < -0.3 is 20.3 Å². The monoisotopic (exact) mass is 265 g/mol. The van der Waals surface area contributed by atoms with Crippen molar-refractivity contribution >= 4 is 0 Å². The van der Waals surface area contributed by atoms with Gasteiger partial charge in [-0.3, -0.25) is 0 Å². The highest BCUT2D eigenvalue weighted by Crippen LogP contribution is 2.41. The van der Waals surface area contributed by atoms with Crippen molar-refractivity contribution in [3.63, 3.8) is 0 Å². The summed E-state index contributed by atoms with van der Waals surface area (Å²) in [7, 11) is 1.66.